The molecule has 0 aliphatic heterocycles. The second-order valence-electron chi connectivity index (χ2n) is 9.63. The van der Waals surface area contributed by atoms with Gasteiger partial charge in [0.1, 0.15) is 5.69 Å². The number of fused-ring (bicyclic) bond motifs is 2. The highest BCUT2D eigenvalue weighted by molar-refractivity contribution is 6.02. The molecule has 40 heavy (non-hydrogen) atoms. The lowest BCUT2D eigenvalue weighted by Crippen LogP contribution is -2.32. The molecule has 8 nitrogen and oxygen atoms in total. The quantitative estimate of drug-likeness (QED) is 0.341. The number of aryl methyl sites for hydroxylation is 2. The Morgan fingerprint density at radius 2 is 1.73 bits per heavy atom. The molecule has 0 saturated carbocycles. The maximum atomic E-state index is 14.2. The molecule has 0 bridgehead atoms. The molecule has 0 aliphatic carbocycles. The summed E-state index contributed by atoms with van der Waals surface area (Å²) in [5.41, 5.74) is 4.24. The van der Waals surface area contributed by atoms with Gasteiger partial charge in [0.2, 0.25) is 0 Å². The van der Waals surface area contributed by atoms with E-state index in [9.17, 15) is 9.59 Å². The van der Waals surface area contributed by atoms with Crippen molar-refractivity contribution >= 4 is 22.2 Å². The van der Waals surface area contributed by atoms with Crippen LogP contribution in [0.4, 0.5) is 0 Å². The van der Waals surface area contributed by atoms with Crippen molar-refractivity contribution in [1.82, 2.24) is 29.3 Å². The molecule has 2 aromatic carbocycles. The number of aromatic nitrogens is 5. The average molecular weight is 527 g/mol. The molecule has 0 unspecified atom stereocenters. The summed E-state index contributed by atoms with van der Waals surface area (Å²) >= 11 is 0. The van der Waals surface area contributed by atoms with Crippen molar-refractivity contribution in [2.24, 2.45) is 7.05 Å². The van der Waals surface area contributed by atoms with Crippen LogP contribution in [0.1, 0.15) is 46.0 Å². The highest BCUT2D eigenvalue weighted by Crippen LogP contribution is 2.24. The van der Waals surface area contributed by atoms with Gasteiger partial charge in [-0.15, -0.1) is 0 Å². The Labute approximate surface area is 230 Å². The molecule has 6 aromatic rings. The van der Waals surface area contributed by atoms with Crippen LogP contribution in [-0.4, -0.2) is 29.9 Å². The van der Waals surface area contributed by atoms with Crippen molar-refractivity contribution in [2.45, 2.75) is 19.9 Å². The fourth-order valence-electron chi connectivity index (χ4n) is 5.00. The van der Waals surface area contributed by atoms with Gasteiger partial charge in [0.05, 0.1) is 28.2 Å². The third-order valence-electron chi connectivity index (χ3n) is 6.86. The second kappa shape index (κ2) is 10.0. The number of carbonyl (C=O) groups is 1. The van der Waals surface area contributed by atoms with E-state index in [1.165, 1.54) is 0 Å². The molecule has 1 atom stereocenters. The molecule has 0 fully saturated rings. The van der Waals surface area contributed by atoms with Gasteiger partial charge in [-0.2, -0.15) is 10.2 Å². The number of benzene rings is 2. The van der Waals surface area contributed by atoms with Gasteiger partial charge >= 0.3 is 0 Å². The molecule has 0 saturated heterocycles. The topological polar surface area (TPSA) is 86.2 Å². The first-order valence-electron chi connectivity index (χ1n) is 12.9. The predicted octanol–water partition coefficient (Wildman–Crippen LogP) is 4.57. The van der Waals surface area contributed by atoms with Crippen molar-refractivity contribution < 1.29 is 4.79 Å². The van der Waals surface area contributed by atoms with Gasteiger partial charge < -0.3 is 5.32 Å². The van der Waals surface area contributed by atoms with E-state index in [1.807, 2.05) is 112 Å². The van der Waals surface area contributed by atoms with E-state index in [-0.39, 0.29) is 11.5 Å². The summed E-state index contributed by atoms with van der Waals surface area (Å²) < 4.78 is 5.03. The zero-order valence-electron chi connectivity index (χ0n) is 22.3. The van der Waals surface area contributed by atoms with E-state index >= 15 is 0 Å². The Kier molecular flexibility index (Phi) is 6.25. The number of nitrogens with zero attached hydrogens (tertiary/aromatic N) is 5. The predicted molar refractivity (Wildman–Crippen MR) is 155 cm³/mol. The van der Waals surface area contributed by atoms with Crippen LogP contribution in [0.2, 0.25) is 0 Å². The molecule has 0 aliphatic rings. The first-order chi connectivity index (χ1) is 19.4. The van der Waals surface area contributed by atoms with Crippen LogP contribution < -0.4 is 10.9 Å². The minimum atomic E-state index is -0.494. The third-order valence-corrected chi connectivity index (χ3v) is 6.86. The monoisotopic (exact) mass is 526 g/mol. The Bertz CT molecular complexity index is 2020. The standard InChI is InChI=1S/C32H26N6O2/c1-21(33-31(39)29-22(2)34-37-18-8-7-14-27(29)37)28-20-24-11-9-10-23(15-16-25-17-19-36(3)35-25)30(24)32(40)38(28)26-12-5-4-6-13-26/h4-14,17-21H,1-3H3,(H,33,39)/t21-/m0/s1. The third kappa shape index (κ3) is 4.44. The molecule has 8 heteroatoms. The molecule has 4 heterocycles. The second-order valence-corrected chi connectivity index (χ2v) is 9.63. The number of carbonyl (C=O) groups excluding carboxylic acids is 1. The highest BCUT2D eigenvalue weighted by Gasteiger charge is 2.22. The zero-order chi connectivity index (χ0) is 27.8. The van der Waals surface area contributed by atoms with Crippen LogP contribution >= 0.6 is 0 Å². The number of pyridine rings is 2. The van der Waals surface area contributed by atoms with Gasteiger partial charge in [-0.1, -0.05) is 42.3 Å². The van der Waals surface area contributed by atoms with E-state index in [4.69, 9.17) is 0 Å². The molecular formula is C32H26N6O2. The molecule has 196 valence electrons. The molecule has 0 spiro atoms. The minimum Gasteiger partial charge on any atom is -0.344 e. The van der Waals surface area contributed by atoms with E-state index in [1.54, 1.807) is 13.8 Å². The molecule has 6 rings (SSSR count). The van der Waals surface area contributed by atoms with Crippen LogP contribution in [0, 0.1) is 18.8 Å². The number of para-hydroxylation sites is 1. The molecule has 1 amide bonds. The maximum absolute atomic E-state index is 14.2. The molecule has 4 aromatic heterocycles. The first-order valence-corrected chi connectivity index (χ1v) is 12.9. The summed E-state index contributed by atoms with van der Waals surface area (Å²) in [6.07, 6.45) is 3.64. The number of hydrogen-bond donors (Lipinski definition) is 1. The van der Waals surface area contributed by atoms with Crippen molar-refractivity contribution in [3.8, 4) is 17.5 Å². The van der Waals surface area contributed by atoms with Crippen molar-refractivity contribution in [3.05, 3.63) is 130 Å². The van der Waals surface area contributed by atoms with E-state index in [0.29, 0.717) is 39.3 Å². The van der Waals surface area contributed by atoms with Gasteiger partial charge in [0.25, 0.3) is 11.5 Å². The normalized spacial score (nSPS) is 11.8. The lowest BCUT2D eigenvalue weighted by molar-refractivity contribution is 0.0939. The van der Waals surface area contributed by atoms with Crippen LogP contribution in [-0.2, 0) is 7.05 Å². The smallest absolute Gasteiger partial charge is 0.264 e. The van der Waals surface area contributed by atoms with Gasteiger partial charge in [0, 0.05) is 36.4 Å². The van der Waals surface area contributed by atoms with E-state index < -0.39 is 6.04 Å². The van der Waals surface area contributed by atoms with E-state index in [0.717, 1.165) is 10.9 Å². The fourth-order valence-corrected chi connectivity index (χ4v) is 5.00. The Hall–Kier alpha value is -5.42. The van der Waals surface area contributed by atoms with Gasteiger partial charge in [-0.05, 0) is 67.6 Å². The summed E-state index contributed by atoms with van der Waals surface area (Å²) in [6.45, 7) is 3.69. The number of nitrogens with one attached hydrogen (secondary N) is 1. The lowest BCUT2D eigenvalue weighted by atomic mass is 10.0. The molecule has 1 N–H and O–H groups in total. The number of rotatable bonds is 4. The van der Waals surface area contributed by atoms with Crippen LogP contribution in [0.3, 0.4) is 0 Å². The van der Waals surface area contributed by atoms with Gasteiger partial charge in [-0.25, -0.2) is 4.52 Å². The molecular weight excluding hydrogens is 500 g/mol. The van der Waals surface area contributed by atoms with Crippen LogP contribution in [0.5, 0.6) is 0 Å². The molecule has 0 radical (unpaired) electrons. The SMILES string of the molecule is Cc1nn2ccccc2c1C(=O)N[C@@H](C)c1cc2cccc(C#Cc3ccn(C)n3)c2c(=O)n1-c1ccccc1. The van der Waals surface area contributed by atoms with Crippen molar-refractivity contribution in [2.75, 3.05) is 0 Å². The Morgan fingerprint density at radius 3 is 2.50 bits per heavy atom. The lowest BCUT2D eigenvalue weighted by Gasteiger charge is -2.21. The van der Waals surface area contributed by atoms with Gasteiger partial charge in [0.15, 0.2) is 0 Å². The summed E-state index contributed by atoms with van der Waals surface area (Å²) in [4.78, 5) is 27.7. The largest absolute Gasteiger partial charge is 0.344 e. The van der Waals surface area contributed by atoms with E-state index in [2.05, 4.69) is 27.4 Å². The first kappa shape index (κ1) is 24.9. The van der Waals surface area contributed by atoms with Crippen molar-refractivity contribution in [3.63, 3.8) is 0 Å². The highest BCUT2D eigenvalue weighted by atomic mass is 16.2. The summed E-state index contributed by atoms with van der Waals surface area (Å²) in [5.74, 6) is 5.95. The maximum Gasteiger partial charge on any atom is 0.264 e. The van der Waals surface area contributed by atoms with Crippen molar-refractivity contribution in [1.29, 1.82) is 0 Å². The Morgan fingerprint density at radius 1 is 0.925 bits per heavy atom. The fraction of sp³-hybridized carbons (Fsp3) is 0.125. The Balaban J connectivity index is 1.48. The summed E-state index contributed by atoms with van der Waals surface area (Å²) in [6, 6.07) is 23.9. The zero-order valence-corrected chi connectivity index (χ0v) is 22.3. The average Bonchev–Trinajstić information content (AvgIpc) is 3.53. The minimum absolute atomic E-state index is 0.210. The summed E-state index contributed by atoms with van der Waals surface area (Å²) in [5, 5.41) is 13.1. The number of amides is 1. The number of hydrogen-bond acceptors (Lipinski definition) is 4. The van der Waals surface area contributed by atoms with Gasteiger partial charge in [-0.3, -0.25) is 18.8 Å². The van der Waals surface area contributed by atoms with Crippen LogP contribution in [0.15, 0.2) is 96.1 Å². The summed E-state index contributed by atoms with van der Waals surface area (Å²) in [7, 11) is 1.83. The van der Waals surface area contributed by atoms with Crippen LogP contribution in [0.25, 0.3) is 22.0 Å².